The molecule has 2 fully saturated rings. The monoisotopic (exact) mass is 409 g/mol. The van der Waals surface area contributed by atoms with E-state index in [2.05, 4.69) is 11.8 Å². The van der Waals surface area contributed by atoms with Gasteiger partial charge in [0.15, 0.2) is 0 Å². The Balaban J connectivity index is 1.77. The summed E-state index contributed by atoms with van der Waals surface area (Å²) in [5.74, 6) is 5.27. The van der Waals surface area contributed by atoms with Crippen molar-refractivity contribution in [1.82, 2.24) is 4.90 Å². The second-order valence-electron chi connectivity index (χ2n) is 8.82. The lowest BCUT2D eigenvalue weighted by Crippen LogP contribution is -2.50. The van der Waals surface area contributed by atoms with Gasteiger partial charge in [-0.15, -0.1) is 5.92 Å². The number of ether oxygens (including phenoxy) is 1. The van der Waals surface area contributed by atoms with Crippen LogP contribution in [-0.4, -0.2) is 48.7 Å². The van der Waals surface area contributed by atoms with E-state index in [1.165, 1.54) is 7.11 Å². The molecule has 3 rings (SSSR count). The van der Waals surface area contributed by atoms with E-state index in [4.69, 9.17) is 4.74 Å². The Morgan fingerprint density at radius 2 is 1.67 bits per heavy atom. The predicted octanol–water partition coefficient (Wildman–Crippen LogP) is 3.33. The van der Waals surface area contributed by atoms with Gasteiger partial charge in [0.25, 0.3) is 5.91 Å². The molecule has 1 aromatic rings. The van der Waals surface area contributed by atoms with Crippen molar-refractivity contribution < 1.29 is 19.1 Å². The van der Waals surface area contributed by atoms with Crippen LogP contribution in [0.25, 0.3) is 0 Å². The number of hydrogen-bond acceptors (Lipinski definition) is 4. The van der Waals surface area contributed by atoms with Gasteiger partial charge in [0.2, 0.25) is 0 Å². The molecule has 1 atom stereocenters. The fraction of sp³-hybridized carbons (Fsp3) is 0.560. The fourth-order valence-electron chi connectivity index (χ4n) is 5.07. The van der Waals surface area contributed by atoms with E-state index in [0.29, 0.717) is 38.8 Å². The largest absolute Gasteiger partial charge is 0.372 e. The van der Waals surface area contributed by atoms with Crippen LogP contribution in [0.3, 0.4) is 0 Å². The van der Waals surface area contributed by atoms with Crippen LogP contribution in [0.1, 0.15) is 67.7 Å². The second kappa shape index (κ2) is 8.73. The van der Waals surface area contributed by atoms with Gasteiger partial charge in [-0.2, -0.15) is 0 Å². The van der Waals surface area contributed by atoms with Crippen molar-refractivity contribution in [3.63, 3.8) is 0 Å². The number of likely N-dealkylation sites (tertiary alicyclic amines) is 1. The highest BCUT2D eigenvalue weighted by Gasteiger charge is 2.48. The highest BCUT2D eigenvalue weighted by Crippen LogP contribution is 2.46. The van der Waals surface area contributed by atoms with Crippen LogP contribution in [-0.2, 0) is 19.1 Å². The van der Waals surface area contributed by atoms with Crippen molar-refractivity contribution in [3.05, 3.63) is 34.4 Å². The quantitative estimate of drug-likeness (QED) is 0.567. The number of amides is 1. The Bertz CT molecular complexity index is 885. The lowest BCUT2D eigenvalue weighted by molar-refractivity contribution is -0.145. The Hall–Kier alpha value is -2.45. The molecule has 5 heteroatoms. The number of carbonyl (C=O) groups is 3. The average molecular weight is 410 g/mol. The minimum atomic E-state index is -0.674. The van der Waals surface area contributed by atoms with Gasteiger partial charge in [0.05, 0.1) is 0 Å². The summed E-state index contributed by atoms with van der Waals surface area (Å²) >= 11 is 0. The molecular weight excluding hydrogens is 378 g/mol. The Morgan fingerprint density at radius 3 is 2.13 bits per heavy atom. The van der Waals surface area contributed by atoms with Gasteiger partial charge in [0, 0.05) is 38.6 Å². The topological polar surface area (TPSA) is 63.7 Å². The third-order valence-corrected chi connectivity index (χ3v) is 6.73. The molecule has 1 spiro atoms. The van der Waals surface area contributed by atoms with Gasteiger partial charge in [-0.1, -0.05) is 5.92 Å². The van der Waals surface area contributed by atoms with Gasteiger partial charge < -0.3 is 9.64 Å². The Labute approximate surface area is 179 Å². The molecule has 0 aromatic heterocycles. The molecule has 1 saturated heterocycles. The number of rotatable bonds is 3. The number of carbonyl (C=O) groups excluding carboxylic acids is 3. The molecule has 5 nitrogen and oxygen atoms in total. The molecule has 0 bridgehead atoms. The molecule has 1 aromatic carbocycles. The maximum Gasteiger partial charge on any atom is 0.251 e. The van der Waals surface area contributed by atoms with Crippen LogP contribution >= 0.6 is 0 Å². The summed E-state index contributed by atoms with van der Waals surface area (Å²) in [4.78, 5) is 40.6. The van der Waals surface area contributed by atoms with Crippen molar-refractivity contribution >= 4 is 17.5 Å². The molecule has 1 aliphatic heterocycles. The number of ketones is 2. The van der Waals surface area contributed by atoms with Crippen LogP contribution in [0, 0.1) is 31.1 Å². The van der Waals surface area contributed by atoms with Crippen molar-refractivity contribution in [1.29, 1.82) is 0 Å². The standard InChI is InChI=1S/C25H31NO4/c1-6-7-19-12-16(2)22(17(3)13-19)23-20(27)14-25(15-21(23)28)8-10-26(11-9-25)24(29)18(4)30-5/h12-13,18,23H,8-11,14-15H2,1-5H3. The number of methoxy groups -OCH3 is 1. The molecule has 0 N–H and O–H groups in total. The lowest BCUT2D eigenvalue weighted by Gasteiger charge is -2.45. The van der Waals surface area contributed by atoms with E-state index in [-0.39, 0.29) is 22.9 Å². The van der Waals surface area contributed by atoms with Crippen LogP contribution in [0.15, 0.2) is 12.1 Å². The van der Waals surface area contributed by atoms with Gasteiger partial charge in [-0.3, -0.25) is 14.4 Å². The predicted molar refractivity (Wildman–Crippen MR) is 115 cm³/mol. The number of Topliss-reactive ketones (excluding diaryl/α,β-unsaturated/α-hetero) is 2. The first-order valence-corrected chi connectivity index (χ1v) is 10.6. The molecule has 1 unspecified atom stereocenters. The third kappa shape index (κ3) is 4.20. The van der Waals surface area contributed by atoms with E-state index in [1.807, 2.05) is 26.0 Å². The van der Waals surface area contributed by atoms with Gasteiger partial charge >= 0.3 is 0 Å². The number of hydrogen-bond donors (Lipinski definition) is 0. The van der Waals surface area contributed by atoms with Crippen LogP contribution in [0.2, 0.25) is 0 Å². The zero-order valence-electron chi connectivity index (χ0n) is 18.6. The minimum Gasteiger partial charge on any atom is -0.372 e. The second-order valence-corrected chi connectivity index (χ2v) is 8.82. The number of benzene rings is 1. The average Bonchev–Trinajstić information content (AvgIpc) is 2.69. The summed E-state index contributed by atoms with van der Waals surface area (Å²) < 4.78 is 5.14. The summed E-state index contributed by atoms with van der Waals surface area (Å²) in [5, 5.41) is 0. The van der Waals surface area contributed by atoms with E-state index in [9.17, 15) is 14.4 Å². The molecule has 1 saturated carbocycles. The first-order valence-electron chi connectivity index (χ1n) is 10.6. The van der Waals surface area contributed by atoms with Crippen molar-refractivity contribution in [2.75, 3.05) is 20.2 Å². The summed E-state index contributed by atoms with van der Waals surface area (Å²) in [6.07, 6.45) is 1.70. The zero-order chi connectivity index (χ0) is 22.1. The number of piperidine rings is 1. The molecule has 160 valence electrons. The Kier molecular flexibility index (Phi) is 6.47. The van der Waals surface area contributed by atoms with Gasteiger partial charge in [0.1, 0.15) is 23.6 Å². The van der Waals surface area contributed by atoms with Crippen LogP contribution in [0.4, 0.5) is 0 Å². The van der Waals surface area contributed by atoms with Gasteiger partial charge in [-0.25, -0.2) is 0 Å². The van der Waals surface area contributed by atoms with Crippen LogP contribution in [0.5, 0.6) is 0 Å². The fourth-order valence-corrected chi connectivity index (χ4v) is 5.07. The van der Waals surface area contributed by atoms with E-state index in [0.717, 1.165) is 22.3 Å². The molecule has 1 heterocycles. The molecule has 2 aliphatic rings. The SMILES string of the molecule is CC#Cc1cc(C)c(C2C(=O)CC3(CCN(C(=O)C(C)OC)CC3)CC2=O)c(C)c1. The minimum absolute atomic E-state index is 0.0109. The van der Waals surface area contributed by atoms with E-state index >= 15 is 0 Å². The normalized spacial score (nSPS) is 20.1. The summed E-state index contributed by atoms with van der Waals surface area (Å²) in [5.41, 5.74) is 3.34. The highest BCUT2D eigenvalue weighted by molar-refractivity contribution is 6.10. The number of nitrogens with zero attached hydrogens (tertiary/aromatic N) is 1. The summed E-state index contributed by atoms with van der Waals surface area (Å²) in [6.45, 7) is 8.58. The lowest BCUT2D eigenvalue weighted by atomic mass is 9.62. The highest BCUT2D eigenvalue weighted by atomic mass is 16.5. The summed E-state index contributed by atoms with van der Waals surface area (Å²) in [7, 11) is 1.53. The molecule has 0 radical (unpaired) electrons. The van der Waals surface area contributed by atoms with Gasteiger partial charge in [-0.05, 0) is 74.8 Å². The number of aryl methyl sites for hydroxylation is 2. The maximum absolute atomic E-state index is 13.2. The van der Waals surface area contributed by atoms with E-state index in [1.54, 1.807) is 18.7 Å². The van der Waals surface area contributed by atoms with Crippen molar-refractivity contribution in [3.8, 4) is 11.8 Å². The molecule has 1 aliphatic carbocycles. The maximum atomic E-state index is 13.2. The zero-order valence-corrected chi connectivity index (χ0v) is 18.6. The molecule has 1 amide bonds. The first-order chi connectivity index (χ1) is 14.2. The summed E-state index contributed by atoms with van der Waals surface area (Å²) in [6, 6.07) is 3.93. The third-order valence-electron chi connectivity index (χ3n) is 6.73. The first kappa shape index (κ1) is 22.2. The Morgan fingerprint density at radius 1 is 1.13 bits per heavy atom. The van der Waals surface area contributed by atoms with Crippen molar-refractivity contribution in [2.45, 2.75) is 65.4 Å². The smallest absolute Gasteiger partial charge is 0.251 e. The molecule has 30 heavy (non-hydrogen) atoms. The van der Waals surface area contributed by atoms with E-state index < -0.39 is 12.0 Å². The van der Waals surface area contributed by atoms with Crippen molar-refractivity contribution in [2.24, 2.45) is 5.41 Å². The molecular formula is C25H31NO4. The van der Waals surface area contributed by atoms with Crippen LogP contribution < -0.4 is 0 Å².